The maximum atomic E-state index is 10.4. The van der Waals surface area contributed by atoms with Gasteiger partial charge in [0.15, 0.2) is 23.2 Å². The Bertz CT molecular complexity index is 791. The van der Waals surface area contributed by atoms with Crippen LogP contribution in [-0.4, -0.2) is 68.3 Å². The van der Waals surface area contributed by atoms with E-state index in [1.165, 1.54) is 32.8 Å². The van der Waals surface area contributed by atoms with Gasteiger partial charge in [-0.15, -0.1) is 0 Å². The quantitative estimate of drug-likeness (QED) is 0.683. The SMILES string of the molecule is COC[C@H]1O[C@@H](n2cnc3c(NCC4CCCC4)nc(C)nc32)[C@H](O)[C@@H]1O. The number of methoxy groups -OCH3 is 1. The van der Waals surface area contributed by atoms with E-state index >= 15 is 0 Å². The van der Waals surface area contributed by atoms with Crippen LogP contribution in [0.3, 0.4) is 0 Å². The molecule has 2 fully saturated rings. The van der Waals surface area contributed by atoms with Gasteiger partial charge >= 0.3 is 0 Å². The fraction of sp³-hybridized carbons (Fsp3) is 0.722. The molecule has 4 rings (SSSR count). The summed E-state index contributed by atoms with van der Waals surface area (Å²) in [6.07, 6.45) is 3.16. The maximum Gasteiger partial charge on any atom is 0.167 e. The molecule has 1 saturated heterocycles. The number of aliphatic hydroxyl groups excluding tert-OH is 2. The van der Waals surface area contributed by atoms with Gasteiger partial charge < -0.3 is 25.0 Å². The molecule has 1 aliphatic heterocycles. The number of aryl methyl sites for hydroxylation is 1. The van der Waals surface area contributed by atoms with Crippen molar-refractivity contribution < 1.29 is 19.7 Å². The molecule has 1 saturated carbocycles. The Labute approximate surface area is 157 Å². The monoisotopic (exact) mass is 377 g/mol. The van der Waals surface area contributed by atoms with E-state index in [-0.39, 0.29) is 6.61 Å². The van der Waals surface area contributed by atoms with E-state index in [9.17, 15) is 10.2 Å². The molecule has 0 aromatic carbocycles. The lowest BCUT2D eigenvalue weighted by molar-refractivity contribution is -0.0580. The number of ether oxygens (including phenoxy) is 2. The highest BCUT2D eigenvalue weighted by atomic mass is 16.6. The molecule has 2 aromatic heterocycles. The number of aromatic nitrogens is 4. The van der Waals surface area contributed by atoms with Gasteiger partial charge in [0.25, 0.3) is 0 Å². The van der Waals surface area contributed by atoms with Crippen molar-refractivity contribution in [2.24, 2.45) is 5.92 Å². The van der Waals surface area contributed by atoms with Crippen LogP contribution in [-0.2, 0) is 9.47 Å². The summed E-state index contributed by atoms with van der Waals surface area (Å²) in [5.74, 6) is 1.98. The predicted octanol–water partition coefficient (Wildman–Crippen LogP) is 1.00. The Morgan fingerprint density at radius 3 is 2.78 bits per heavy atom. The average Bonchev–Trinajstić information content (AvgIpc) is 3.36. The summed E-state index contributed by atoms with van der Waals surface area (Å²) >= 11 is 0. The van der Waals surface area contributed by atoms with Gasteiger partial charge in [0.05, 0.1) is 12.9 Å². The molecule has 3 N–H and O–H groups in total. The second-order valence-electron chi connectivity index (χ2n) is 7.48. The van der Waals surface area contributed by atoms with Crippen molar-refractivity contribution in [1.82, 2.24) is 19.5 Å². The molecule has 1 aliphatic carbocycles. The number of imidazole rings is 1. The third-order valence-electron chi connectivity index (χ3n) is 5.51. The second-order valence-corrected chi connectivity index (χ2v) is 7.48. The van der Waals surface area contributed by atoms with Crippen molar-refractivity contribution in [3.63, 3.8) is 0 Å². The summed E-state index contributed by atoms with van der Waals surface area (Å²) < 4.78 is 12.5. The van der Waals surface area contributed by atoms with Gasteiger partial charge in [-0.3, -0.25) is 4.57 Å². The Kier molecular flexibility index (Phi) is 5.27. The van der Waals surface area contributed by atoms with Gasteiger partial charge in [0.1, 0.15) is 24.1 Å². The third-order valence-corrected chi connectivity index (χ3v) is 5.51. The smallest absolute Gasteiger partial charge is 0.167 e. The summed E-state index contributed by atoms with van der Waals surface area (Å²) in [5.41, 5.74) is 1.21. The molecule has 2 aromatic rings. The Hall–Kier alpha value is -1.81. The minimum Gasteiger partial charge on any atom is -0.387 e. The van der Waals surface area contributed by atoms with Gasteiger partial charge in [0, 0.05) is 13.7 Å². The van der Waals surface area contributed by atoms with Crippen LogP contribution >= 0.6 is 0 Å². The number of hydrogen-bond donors (Lipinski definition) is 3. The molecule has 0 unspecified atom stereocenters. The zero-order valence-electron chi connectivity index (χ0n) is 15.7. The van der Waals surface area contributed by atoms with Crippen molar-refractivity contribution in [3.8, 4) is 0 Å². The number of anilines is 1. The summed E-state index contributed by atoms with van der Waals surface area (Å²) in [5, 5.41) is 24.1. The summed E-state index contributed by atoms with van der Waals surface area (Å²) in [6, 6.07) is 0. The van der Waals surface area contributed by atoms with E-state index in [1.54, 1.807) is 10.9 Å². The van der Waals surface area contributed by atoms with Gasteiger partial charge in [-0.2, -0.15) is 0 Å². The molecule has 4 atom stereocenters. The summed E-state index contributed by atoms with van der Waals surface area (Å²) in [7, 11) is 1.53. The van der Waals surface area contributed by atoms with Gasteiger partial charge in [-0.05, 0) is 25.7 Å². The third kappa shape index (κ3) is 3.52. The van der Waals surface area contributed by atoms with Gasteiger partial charge in [-0.1, -0.05) is 12.8 Å². The zero-order chi connectivity index (χ0) is 19.0. The first-order valence-electron chi connectivity index (χ1n) is 9.54. The second kappa shape index (κ2) is 7.67. The molecule has 0 radical (unpaired) electrons. The van der Waals surface area contributed by atoms with Crippen molar-refractivity contribution >= 4 is 17.0 Å². The molecule has 0 amide bonds. The lowest BCUT2D eigenvalue weighted by Gasteiger charge is -2.17. The summed E-state index contributed by atoms with van der Waals surface area (Å²) in [6.45, 7) is 2.89. The van der Waals surface area contributed by atoms with E-state index < -0.39 is 24.5 Å². The largest absolute Gasteiger partial charge is 0.387 e. The molecular formula is C18H27N5O4. The van der Waals surface area contributed by atoms with Crippen LogP contribution in [0.2, 0.25) is 0 Å². The molecule has 9 heteroatoms. The van der Waals surface area contributed by atoms with Gasteiger partial charge in [0.2, 0.25) is 0 Å². The van der Waals surface area contributed by atoms with E-state index in [4.69, 9.17) is 9.47 Å². The highest BCUT2D eigenvalue weighted by Crippen LogP contribution is 2.33. The molecular weight excluding hydrogens is 350 g/mol. The highest BCUT2D eigenvalue weighted by molar-refractivity contribution is 5.83. The first-order chi connectivity index (χ1) is 13.1. The number of rotatable bonds is 6. The Morgan fingerprint density at radius 2 is 2.04 bits per heavy atom. The maximum absolute atomic E-state index is 10.4. The minimum atomic E-state index is -1.09. The topological polar surface area (TPSA) is 115 Å². The molecule has 0 spiro atoms. The molecule has 27 heavy (non-hydrogen) atoms. The standard InChI is InChI=1S/C18H27N5O4/c1-10-21-16(19-7-11-5-3-4-6-11)13-17(22-10)23(9-20-13)18-15(25)14(24)12(27-18)8-26-2/h9,11-12,14-15,18,24-25H,3-8H2,1-2H3,(H,19,21,22)/t12-,14-,15-,18-/m1/s1. The van der Waals surface area contributed by atoms with Crippen molar-refractivity contribution in [2.45, 2.75) is 57.1 Å². The number of fused-ring (bicyclic) bond motifs is 1. The van der Waals surface area contributed by atoms with E-state index in [0.717, 1.165) is 6.54 Å². The fourth-order valence-corrected chi connectivity index (χ4v) is 4.05. The van der Waals surface area contributed by atoms with Crippen LogP contribution in [0.1, 0.15) is 37.7 Å². The first-order valence-corrected chi connectivity index (χ1v) is 9.54. The highest BCUT2D eigenvalue weighted by Gasteiger charge is 2.44. The normalized spacial score (nSPS) is 29.0. The summed E-state index contributed by atoms with van der Waals surface area (Å²) in [4.78, 5) is 13.5. The van der Waals surface area contributed by atoms with E-state index in [0.29, 0.717) is 28.7 Å². The van der Waals surface area contributed by atoms with Crippen LogP contribution in [0.15, 0.2) is 6.33 Å². The van der Waals surface area contributed by atoms with Crippen LogP contribution in [0, 0.1) is 12.8 Å². The van der Waals surface area contributed by atoms with Crippen LogP contribution in [0.5, 0.6) is 0 Å². The van der Waals surface area contributed by atoms with Crippen molar-refractivity contribution in [3.05, 3.63) is 12.2 Å². The number of hydrogen-bond acceptors (Lipinski definition) is 8. The predicted molar refractivity (Wildman–Crippen MR) is 98.3 cm³/mol. The Balaban J connectivity index is 1.61. The minimum absolute atomic E-state index is 0.198. The van der Waals surface area contributed by atoms with Crippen LogP contribution in [0.4, 0.5) is 5.82 Å². The molecule has 3 heterocycles. The van der Waals surface area contributed by atoms with Crippen molar-refractivity contribution in [2.75, 3.05) is 25.6 Å². The molecule has 0 bridgehead atoms. The number of aliphatic hydroxyl groups is 2. The van der Waals surface area contributed by atoms with Gasteiger partial charge in [-0.25, -0.2) is 15.0 Å². The average molecular weight is 377 g/mol. The van der Waals surface area contributed by atoms with Crippen molar-refractivity contribution in [1.29, 1.82) is 0 Å². The lowest BCUT2D eigenvalue weighted by atomic mass is 10.1. The number of nitrogens with one attached hydrogen (secondary N) is 1. The number of nitrogens with zero attached hydrogens (tertiary/aromatic N) is 4. The lowest BCUT2D eigenvalue weighted by Crippen LogP contribution is -2.33. The van der Waals surface area contributed by atoms with E-state index in [1.807, 2.05) is 6.92 Å². The molecule has 148 valence electrons. The Morgan fingerprint density at radius 1 is 1.26 bits per heavy atom. The zero-order valence-corrected chi connectivity index (χ0v) is 15.7. The van der Waals surface area contributed by atoms with E-state index in [2.05, 4.69) is 20.3 Å². The molecule has 2 aliphatic rings. The first kappa shape index (κ1) is 18.5. The molecule has 9 nitrogen and oxygen atoms in total. The van der Waals surface area contributed by atoms with Crippen LogP contribution < -0.4 is 5.32 Å². The fourth-order valence-electron chi connectivity index (χ4n) is 4.05. The van der Waals surface area contributed by atoms with Crippen LogP contribution in [0.25, 0.3) is 11.2 Å².